The van der Waals surface area contributed by atoms with Crippen molar-refractivity contribution in [3.63, 3.8) is 0 Å². The zero-order valence-corrected chi connectivity index (χ0v) is 12.7. The van der Waals surface area contributed by atoms with Crippen LogP contribution in [0, 0.1) is 0 Å². The van der Waals surface area contributed by atoms with E-state index in [1.807, 2.05) is 0 Å². The van der Waals surface area contributed by atoms with Crippen LogP contribution in [-0.4, -0.2) is 37.7 Å². The van der Waals surface area contributed by atoms with Gasteiger partial charge in [0, 0.05) is 24.5 Å². The fourth-order valence-electron chi connectivity index (χ4n) is 3.25. The molecule has 0 amide bonds. The van der Waals surface area contributed by atoms with Crippen LogP contribution in [0.5, 0.6) is 0 Å². The molecule has 3 unspecified atom stereocenters. The highest BCUT2D eigenvalue weighted by atomic mass is 32.2. The van der Waals surface area contributed by atoms with Crippen molar-refractivity contribution in [3.8, 4) is 0 Å². The first-order valence-corrected chi connectivity index (χ1v) is 9.17. The van der Waals surface area contributed by atoms with Gasteiger partial charge in [0.05, 0.1) is 23.1 Å². The standard InChI is InChI=1S/C14H21N3O3S/c18-21(19,17-13-6-11-3-4-14(13)20-11)12-5-10(16-8-12)7-15-9-1-2-9/h5,8-9,11,13-17H,1-4,6-7H2. The van der Waals surface area contributed by atoms with Crippen molar-refractivity contribution in [2.75, 3.05) is 0 Å². The van der Waals surface area contributed by atoms with Gasteiger partial charge >= 0.3 is 0 Å². The van der Waals surface area contributed by atoms with Gasteiger partial charge in [0.25, 0.3) is 0 Å². The summed E-state index contributed by atoms with van der Waals surface area (Å²) < 4.78 is 33.3. The number of aromatic nitrogens is 1. The zero-order chi connectivity index (χ0) is 14.4. The number of sulfonamides is 1. The summed E-state index contributed by atoms with van der Waals surface area (Å²) in [7, 11) is -3.46. The number of nitrogens with one attached hydrogen (secondary N) is 3. The Morgan fingerprint density at radius 1 is 1.29 bits per heavy atom. The van der Waals surface area contributed by atoms with E-state index in [4.69, 9.17) is 4.74 Å². The van der Waals surface area contributed by atoms with Gasteiger partial charge in [0.2, 0.25) is 10.0 Å². The zero-order valence-electron chi connectivity index (χ0n) is 11.8. The van der Waals surface area contributed by atoms with Crippen LogP contribution in [0.15, 0.2) is 17.2 Å². The van der Waals surface area contributed by atoms with Crippen LogP contribution >= 0.6 is 0 Å². The van der Waals surface area contributed by atoms with Crippen molar-refractivity contribution in [2.24, 2.45) is 0 Å². The molecule has 2 bridgehead atoms. The Balaban J connectivity index is 1.41. The molecular formula is C14H21N3O3S. The third-order valence-corrected chi connectivity index (χ3v) is 6.07. The minimum absolute atomic E-state index is 0.0553. The van der Waals surface area contributed by atoms with E-state index >= 15 is 0 Å². The van der Waals surface area contributed by atoms with E-state index in [1.54, 1.807) is 12.3 Å². The maximum absolute atomic E-state index is 12.4. The van der Waals surface area contributed by atoms with E-state index in [0.717, 1.165) is 25.0 Å². The maximum Gasteiger partial charge on any atom is 0.242 e. The second kappa shape index (κ2) is 5.08. The van der Waals surface area contributed by atoms with E-state index in [0.29, 0.717) is 17.5 Å². The van der Waals surface area contributed by atoms with Crippen LogP contribution in [0.1, 0.15) is 37.8 Å². The van der Waals surface area contributed by atoms with Gasteiger partial charge in [-0.05, 0) is 38.2 Å². The summed E-state index contributed by atoms with van der Waals surface area (Å²) in [4.78, 5) is 3.36. The van der Waals surface area contributed by atoms with Gasteiger partial charge in [-0.3, -0.25) is 0 Å². The second-order valence-electron chi connectivity index (χ2n) is 6.35. The third-order valence-electron chi connectivity index (χ3n) is 4.60. The molecule has 1 saturated carbocycles. The maximum atomic E-state index is 12.4. The fraction of sp³-hybridized carbons (Fsp3) is 0.714. The van der Waals surface area contributed by atoms with Crippen molar-refractivity contribution in [1.29, 1.82) is 0 Å². The molecule has 0 radical (unpaired) electrons. The van der Waals surface area contributed by atoms with Crippen LogP contribution in [0.3, 0.4) is 0 Å². The molecule has 1 aromatic heterocycles. The quantitative estimate of drug-likeness (QED) is 0.728. The average molecular weight is 311 g/mol. The van der Waals surface area contributed by atoms with E-state index in [2.05, 4.69) is 15.0 Å². The first-order valence-electron chi connectivity index (χ1n) is 7.68. The van der Waals surface area contributed by atoms with Crippen molar-refractivity contribution in [3.05, 3.63) is 18.0 Å². The molecule has 3 atom stereocenters. The van der Waals surface area contributed by atoms with E-state index < -0.39 is 10.0 Å². The monoisotopic (exact) mass is 311 g/mol. The molecule has 7 heteroatoms. The normalized spacial score (nSPS) is 31.9. The molecule has 0 aromatic carbocycles. The summed E-state index contributed by atoms with van der Waals surface area (Å²) in [5.74, 6) is 0. The predicted octanol–water partition coefficient (Wildman–Crippen LogP) is 0.865. The molecule has 4 rings (SSSR count). The minimum atomic E-state index is -3.46. The molecule has 116 valence electrons. The summed E-state index contributed by atoms with van der Waals surface area (Å²) in [6, 6.07) is 2.25. The number of fused-ring (bicyclic) bond motifs is 2. The Morgan fingerprint density at radius 3 is 2.81 bits per heavy atom. The van der Waals surface area contributed by atoms with Gasteiger partial charge < -0.3 is 15.0 Å². The Labute approximate surface area is 124 Å². The van der Waals surface area contributed by atoms with Crippen LogP contribution in [0.25, 0.3) is 0 Å². The Kier molecular flexibility index (Phi) is 3.33. The lowest BCUT2D eigenvalue weighted by Crippen LogP contribution is -2.41. The van der Waals surface area contributed by atoms with Crippen LogP contribution in [0.4, 0.5) is 0 Å². The van der Waals surface area contributed by atoms with Gasteiger partial charge in [0.15, 0.2) is 0 Å². The smallest absolute Gasteiger partial charge is 0.242 e. The largest absolute Gasteiger partial charge is 0.373 e. The summed E-state index contributed by atoms with van der Waals surface area (Å²) >= 11 is 0. The van der Waals surface area contributed by atoms with Gasteiger partial charge in [-0.25, -0.2) is 13.1 Å². The van der Waals surface area contributed by atoms with Gasteiger partial charge in [0.1, 0.15) is 0 Å². The second-order valence-corrected chi connectivity index (χ2v) is 8.07. The molecule has 3 fully saturated rings. The highest BCUT2D eigenvalue weighted by Gasteiger charge is 2.42. The lowest BCUT2D eigenvalue weighted by atomic mass is 9.96. The molecule has 3 aliphatic rings. The van der Waals surface area contributed by atoms with Gasteiger partial charge in [-0.2, -0.15) is 0 Å². The van der Waals surface area contributed by atoms with Crippen molar-refractivity contribution >= 4 is 10.0 Å². The highest BCUT2D eigenvalue weighted by molar-refractivity contribution is 7.89. The minimum Gasteiger partial charge on any atom is -0.373 e. The lowest BCUT2D eigenvalue weighted by molar-refractivity contribution is 0.0996. The molecule has 2 saturated heterocycles. The van der Waals surface area contributed by atoms with Crippen molar-refractivity contribution in [1.82, 2.24) is 15.0 Å². The topological polar surface area (TPSA) is 83.2 Å². The fourth-order valence-corrected chi connectivity index (χ4v) is 4.54. The first kappa shape index (κ1) is 13.8. The number of aromatic amines is 1. The number of ether oxygens (including phenoxy) is 1. The molecular weight excluding hydrogens is 290 g/mol. The van der Waals surface area contributed by atoms with Crippen molar-refractivity contribution in [2.45, 2.75) is 67.8 Å². The van der Waals surface area contributed by atoms with Crippen LogP contribution < -0.4 is 10.0 Å². The SMILES string of the molecule is O=S(=O)(NC1CC2CCC1O2)c1c[nH]c(CNC2CC2)c1. The molecule has 6 nitrogen and oxygen atoms in total. The van der Waals surface area contributed by atoms with Crippen molar-refractivity contribution < 1.29 is 13.2 Å². The number of hydrogen-bond acceptors (Lipinski definition) is 4. The first-order chi connectivity index (χ1) is 10.1. The van der Waals surface area contributed by atoms with E-state index in [-0.39, 0.29) is 18.2 Å². The van der Waals surface area contributed by atoms with E-state index in [9.17, 15) is 8.42 Å². The Bertz CT molecular complexity index is 623. The molecule has 2 aliphatic heterocycles. The predicted molar refractivity (Wildman–Crippen MR) is 77.3 cm³/mol. The molecule has 3 heterocycles. The number of H-pyrrole nitrogens is 1. The Morgan fingerprint density at radius 2 is 2.14 bits per heavy atom. The van der Waals surface area contributed by atoms with Crippen LogP contribution in [-0.2, 0) is 21.3 Å². The molecule has 21 heavy (non-hydrogen) atoms. The van der Waals surface area contributed by atoms with Gasteiger partial charge in [-0.1, -0.05) is 0 Å². The van der Waals surface area contributed by atoms with Gasteiger partial charge in [-0.15, -0.1) is 0 Å². The highest BCUT2D eigenvalue weighted by Crippen LogP contribution is 2.35. The Hall–Kier alpha value is -0.890. The summed E-state index contributed by atoms with van der Waals surface area (Å²) in [6.45, 7) is 0.692. The lowest BCUT2D eigenvalue weighted by Gasteiger charge is -2.19. The average Bonchev–Trinajstić information content (AvgIpc) is 2.89. The summed E-state index contributed by atoms with van der Waals surface area (Å²) in [5.41, 5.74) is 0.909. The summed E-state index contributed by atoms with van der Waals surface area (Å²) in [5, 5.41) is 3.37. The number of hydrogen-bond donors (Lipinski definition) is 3. The molecule has 0 spiro atoms. The molecule has 1 aliphatic carbocycles. The molecule has 3 N–H and O–H groups in total. The van der Waals surface area contributed by atoms with E-state index in [1.165, 1.54) is 12.8 Å². The molecule has 1 aromatic rings. The third kappa shape index (κ3) is 2.88. The summed E-state index contributed by atoms with van der Waals surface area (Å²) in [6.07, 6.45) is 7.12. The number of rotatable bonds is 6. The van der Waals surface area contributed by atoms with Crippen LogP contribution in [0.2, 0.25) is 0 Å².